The maximum Gasteiger partial charge on any atom is 0.258 e. The van der Waals surface area contributed by atoms with Crippen molar-refractivity contribution in [2.75, 3.05) is 19.8 Å². The van der Waals surface area contributed by atoms with Gasteiger partial charge in [-0.25, -0.2) is 0 Å². The number of carbonyl (C=O) groups excluding carboxylic acids is 1. The molecular formula is C19H18N2O4. The molecule has 0 bridgehead atoms. The van der Waals surface area contributed by atoms with Gasteiger partial charge in [0.25, 0.3) is 5.91 Å². The third-order valence-corrected chi connectivity index (χ3v) is 3.81. The van der Waals surface area contributed by atoms with Crippen molar-refractivity contribution >= 4 is 5.91 Å². The number of nitriles is 1. The summed E-state index contributed by atoms with van der Waals surface area (Å²) in [5.74, 6) is 1.52. The SMILES string of the molecule is C[C@@H](NC(=O)COc1ccccc1C#N)c1ccc2c(c1)OCCO2. The lowest BCUT2D eigenvalue weighted by atomic mass is 10.1. The van der Waals surface area contributed by atoms with E-state index in [0.29, 0.717) is 36.0 Å². The summed E-state index contributed by atoms with van der Waals surface area (Å²) < 4.78 is 16.5. The second-order valence-electron chi connectivity index (χ2n) is 5.59. The zero-order valence-corrected chi connectivity index (χ0v) is 13.8. The molecule has 0 spiro atoms. The van der Waals surface area contributed by atoms with Crippen LogP contribution in [0.5, 0.6) is 17.2 Å². The van der Waals surface area contributed by atoms with E-state index < -0.39 is 0 Å². The van der Waals surface area contributed by atoms with E-state index in [0.717, 1.165) is 5.56 Å². The number of para-hydroxylation sites is 1. The van der Waals surface area contributed by atoms with Crippen molar-refractivity contribution in [2.45, 2.75) is 13.0 Å². The Hall–Kier alpha value is -3.20. The van der Waals surface area contributed by atoms with E-state index in [9.17, 15) is 4.79 Å². The maximum absolute atomic E-state index is 12.1. The third-order valence-electron chi connectivity index (χ3n) is 3.81. The Bertz CT molecular complexity index is 813. The van der Waals surface area contributed by atoms with Gasteiger partial charge in [0.2, 0.25) is 0 Å². The lowest BCUT2D eigenvalue weighted by Crippen LogP contribution is -2.31. The van der Waals surface area contributed by atoms with Gasteiger partial charge in [0.05, 0.1) is 11.6 Å². The number of hydrogen-bond acceptors (Lipinski definition) is 5. The molecule has 1 aliphatic heterocycles. The van der Waals surface area contributed by atoms with Gasteiger partial charge < -0.3 is 19.5 Å². The fourth-order valence-electron chi connectivity index (χ4n) is 2.52. The summed E-state index contributed by atoms with van der Waals surface area (Å²) in [6, 6.07) is 14.2. The minimum absolute atomic E-state index is 0.159. The van der Waals surface area contributed by atoms with Crippen LogP contribution >= 0.6 is 0 Å². The quantitative estimate of drug-likeness (QED) is 0.906. The average molecular weight is 338 g/mol. The molecule has 1 N–H and O–H groups in total. The number of hydrogen-bond donors (Lipinski definition) is 1. The number of nitrogens with one attached hydrogen (secondary N) is 1. The summed E-state index contributed by atoms with van der Waals surface area (Å²) in [4.78, 5) is 12.1. The van der Waals surface area contributed by atoms with Gasteiger partial charge >= 0.3 is 0 Å². The van der Waals surface area contributed by atoms with Crippen molar-refractivity contribution < 1.29 is 19.0 Å². The lowest BCUT2D eigenvalue weighted by molar-refractivity contribution is -0.123. The summed E-state index contributed by atoms with van der Waals surface area (Å²) in [6.07, 6.45) is 0. The zero-order chi connectivity index (χ0) is 17.6. The fourth-order valence-corrected chi connectivity index (χ4v) is 2.52. The van der Waals surface area contributed by atoms with Crippen molar-refractivity contribution in [3.63, 3.8) is 0 Å². The van der Waals surface area contributed by atoms with Gasteiger partial charge in [-0.1, -0.05) is 18.2 Å². The molecule has 0 fully saturated rings. The number of rotatable bonds is 5. The normalized spacial score (nSPS) is 13.4. The predicted octanol–water partition coefficient (Wildman–Crippen LogP) is 2.59. The Morgan fingerprint density at radius 3 is 2.80 bits per heavy atom. The van der Waals surface area contributed by atoms with E-state index in [2.05, 4.69) is 5.32 Å². The third kappa shape index (κ3) is 4.01. The molecule has 1 amide bonds. The Morgan fingerprint density at radius 1 is 1.24 bits per heavy atom. The zero-order valence-electron chi connectivity index (χ0n) is 13.8. The van der Waals surface area contributed by atoms with Crippen LogP contribution in [0.2, 0.25) is 0 Å². The second-order valence-corrected chi connectivity index (χ2v) is 5.59. The van der Waals surface area contributed by atoms with Crippen molar-refractivity contribution in [2.24, 2.45) is 0 Å². The minimum Gasteiger partial charge on any atom is -0.486 e. The van der Waals surface area contributed by atoms with Crippen LogP contribution < -0.4 is 19.5 Å². The molecule has 3 rings (SSSR count). The molecule has 2 aromatic rings. The number of benzene rings is 2. The lowest BCUT2D eigenvalue weighted by Gasteiger charge is -2.21. The molecule has 6 nitrogen and oxygen atoms in total. The van der Waals surface area contributed by atoms with Crippen molar-refractivity contribution in [3.8, 4) is 23.3 Å². The first-order chi connectivity index (χ1) is 12.2. The van der Waals surface area contributed by atoms with Crippen LogP contribution in [0.4, 0.5) is 0 Å². The highest BCUT2D eigenvalue weighted by atomic mass is 16.6. The van der Waals surface area contributed by atoms with Gasteiger partial charge in [-0.2, -0.15) is 5.26 Å². The van der Waals surface area contributed by atoms with Crippen LogP contribution in [0.3, 0.4) is 0 Å². The first kappa shape index (κ1) is 16.7. The monoisotopic (exact) mass is 338 g/mol. The summed E-state index contributed by atoms with van der Waals surface area (Å²) in [7, 11) is 0. The molecule has 128 valence electrons. The molecule has 0 radical (unpaired) electrons. The highest BCUT2D eigenvalue weighted by Crippen LogP contribution is 2.32. The van der Waals surface area contributed by atoms with Crippen molar-refractivity contribution in [1.82, 2.24) is 5.32 Å². The molecule has 0 aliphatic carbocycles. The second kappa shape index (κ2) is 7.58. The predicted molar refractivity (Wildman–Crippen MR) is 90.6 cm³/mol. The Morgan fingerprint density at radius 2 is 2.00 bits per heavy atom. The van der Waals surface area contributed by atoms with Crippen molar-refractivity contribution in [3.05, 3.63) is 53.6 Å². The van der Waals surface area contributed by atoms with Gasteiger partial charge in [-0.15, -0.1) is 0 Å². The van der Waals surface area contributed by atoms with E-state index in [1.54, 1.807) is 24.3 Å². The molecule has 1 atom stereocenters. The molecule has 0 aromatic heterocycles. The maximum atomic E-state index is 12.1. The van der Waals surface area contributed by atoms with Gasteiger partial charge in [-0.05, 0) is 36.8 Å². The molecule has 2 aromatic carbocycles. The fraction of sp³-hybridized carbons (Fsp3) is 0.263. The standard InChI is InChI=1S/C19H18N2O4/c1-13(14-6-7-17-18(10-14)24-9-8-23-17)21-19(22)12-25-16-5-3-2-4-15(16)11-20/h2-7,10,13H,8-9,12H2,1H3,(H,21,22)/t13-/m1/s1. The van der Waals surface area contributed by atoms with Crippen LogP contribution in [0, 0.1) is 11.3 Å². The molecular weight excluding hydrogens is 320 g/mol. The molecule has 0 unspecified atom stereocenters. The first-order valence-corrected chi connectivity index (χ1v) is 7.98. The highest BCUT2D eigenvalue weighted by Gasteiger charge is 2.16. The van der Waals surface area contributed by atoms with Crippen LogP contribution in [0.15, 0.2) is 42.5 Å². The van der Waals surface area contributed by atoms with E-state index in [4.69, 9.17) is 19.5 Å². The average Bonchev–Trinajstić information content (AvgIpc) is 2.66. The van der Waals surface area contributed by atoms with Crippen LogP contribution in [-0.2, 0) is 4.79 Å². The van der Waals surface area contributed by atoms with E-state index >= 15 is 0 Å². The van der Waals surface area contributed by atoms with Gasteiger partial charge in [0.15, 0.2) is 18.1 Å². The van der Waals surface area contributed by atoms with Gasteiger partial charge in [0, 0.05) is 0 Å². The smallest absolute Gasteiger partial charge is 0.258 e. The van der Waals surface area contributed by atoms with Gasteiger partial charge in [-0.3, -0.25) is 4.79 Å². The molecule has 0 saturated carbocycles. The Labute approximate surface area is 145 Å². The molecule has 0 saturated heterocycles. The highest BCUT2D eigenvalue weighted by molar-refractivity contribution is 5.78. The Kier molecular flexibility index (Phi) is 5.05. The molecule has 1 heterocycles. The number of ether oxygens (including phenoxy) is 3. The van der Waals surface area contributed by atoms with E-state index in [1.807, 2.05) is 31.2 Å². The summed E-state index contributed by atoms with van der Waals surface area (Å²) in [6.45, 7) is 2.78. The topological polar surface area (TPSA) is 80.6 Å². The van der Waals surface area contributed by atoms with Crippen LogP contribution in [-0.4, -0.2) is 25.7 Å². The number of nitrogens with zero attached hydrogens (tertiary/aromatic N) is 1. The number of carbonyl (C=O) groups is 1. The molecule has 1 aliphatic rings. The summed E-state index contributed by atoms with van der Waals surface area (Å²) >= 11 is 0. The van der Waals surface area contributed by atoms with E-state index in [-0.39, 0.29) is 18.6 Å². The van der Waals surface area contributed by atoms with Crippen LogP contribution in [0.25, 0.3) is 0 Å². The van der Waals surface area contributed by atoms with E-state index in [1.165, 1.54) is 0 Å². The van der Waals surface area contributed by atoms with Crippen molar-refractivity contribution in [1.29, 1.82) is 5.26 Å². The number of fused-ring (bicyclic) bond motifs is 1. The van der Waals surface area contributed by atoms with Gasteiger partial charge in [0.1, 0.15) is 25.0 Å². The molecule has 25 heavy (non-hydrogen) atoms. The molecule has 6 heteroatoms. The number of amides is 1. The largest absolute Gasteiger partial charge is 0.486 e. The Balaban J connectivity index is 1.58. The van der Waals surface area contributed by atoms with Crippen LogP contribution in [0.1, 0.15) is 24.1 Å². The summed E-state index contributed by atoms with van der Waals surface area (Å²) in [5, 5.41) is 11.9. The minimum atomic E-state index is -0.268. The summed E-state index contributed by atoms with van der Waals surface area (Å²) in [5.41, 5.74) is 1.31. The first-order valence-electron chi connectivity index (χ1n) is 7.98.